The highest BCUT2D eigenvalue weighted by Gasteiger charge is 2.10. The van der Waals surface area contributed by atoms with Crippen LogP contribution in [0.2, 0.25) is 5.02 Å². The van der Waals surface area contributed by atoms with Gasteiger partial charge in [-0.25, -0.2) is 4.98 Å². The molecule has 0 radical (unpaired) electrons. The smallest absolute Gasteiger partial charge is 0.216 e. The van der Waals surface area contributed by atoms with Gasteiger partial charge < -0.3 is 14.6 Å². The lowest BCUT2D eigenvalue weighted by atomic mass is 10.2. The van der Waals surface area contributed by atoms with Crippen molar-refractivity contribution in [2.75, 3.05) is 20.6 Å². The van der Waals surface area contributed by atoms with Gasteiger partial charge in [0.05, 0.1) is 6.26 Å². The van der Waals surface area contributed by atoms with Crippen LogP contribution in [0.3, 0.4) is 0 Å². The molecule has 2 N–H and O–H groups in total. The molecule has 0 aliphatic rings. The van der Waals surface area contributed by atoms with E-state index in [9.17, 15) is 0 Å². The van der Waals surface area contributed by atoms with Crippen LogP contribution in [0.4, 0.5) is 0 Å². The summed E-state index contributed by atoms with van der Waals surface area (Å²) in [5.41, 5.74) is 1.16. The van der Waals surface area contributed by atoms with E-state index in [0.717, 1.165) is 28.9 Å². The molecule has 2 aromatic heterocycles. The van der Waals surface area contributed by atoms with Crippen LogP contribution in [0.1, 0.15) is 11.4 Å². The van der Waals surface area contributed by atoms with Gasteiger partial charge in [0.1, 0.15) is 5.82 Å². The van der Waals surface area contributed by atoms with E-state index in [1.165, 1.54) is 0 Å². The first-order valence-electron chi connectivity index (χ1n) is 8.27. The number of halogens is 2. The van der Waals surface area contributed by atoms with Gasteiger partial charge in [0.25, 0.3) is 0 Å². The number of nitrogens with one attached hydrogen (secondary N) is 2. The summed E-state index contributed by atoms with van der Waals surface area (Å²) < 4.78 is 5.29. The van der Waals surface area contributed by atoms with Gasteiger partial charge in [-0.1, -0.05) is 23.7 Å². The Morgan fingerprint density at radius 3 is 2.74 bits per heavy atom. The predicted molar refractivity (Wildman–Crippen MR) is 117 cm³/mol. The maximum Gasteiger partial charge on any atom is 0.216 e. The normalized spacial score (nSPS) is 11.1. The van der Waals surface area contributed by atoms with E-state index in [2.05, 4.69) is 30.4 Å². The minimum absolute atomic E-state index is 0. The molecule has 0 spiro atoms. The molecule has 0 fully saturated rings. The molecule has 3 rings (SSSR count). The van der Waals surface area contributed by atoms with Crippen LogP contribution < -0.4 is 5.32 Å². The first-order valence-corrected chi connectivity index (χ1v) is 8.65. The van der Waals surface area contributed by atoms with Gasteiger partial charge in [0.2, 0.25) is 5.82 Å². The lowest BCUT2D eigenvalue weighted by Crippen LogP contribution is -2.39. The second kappa shape index (κ2) is 10.3. The Bertz CT molecular complexity index is 847. The van der Waals surface area contributed by atoms with Crippen LogP contribution in [0.15, 0.2) is 52.1 Å². The molecule has 1 aromatic carbocycles. The molecule has 0 unspecified atom stereocenters. The van der Waals surface area contributed by atoms with E-state index in [-0.39, 0.29) is 24.0 Å². The molecule has 2 heterocycles. The summed E-state index contributed by atoms with van der Waals surface area (Å²) in [5, 5.41) is 11.2. The zero-order chi connectivity index (χ0) is 18.4. The Balaban J connectivity index is 0.00000261. The molecule has 0 aliphatic carbocycles. The summed E-state index contributed by atoms with van der Waals surface area (Å²) in [6.07, 6.45) is 2.30. The minimum atomic E-state index is 0. The van der Waals surface area contributed by atoms with Crippen molar-refractivity contribution in [1.29, 1.82) is 0 Å². The molecule has 0 saturated carbocycles. The molecule has 0 saturated heterocycles. The van der Waals surface area contributed by atoms with Gasteiger partial charge in [0, 0.05) is 38.6 Å². The zero-order valence-corrected chi connectivity index (χ0v) is 18.2. The third-order valence-corrected chi connectivity index (χ3v) is 4.08. The minimum Gasteiger partial charge on any atom is -0.461 e. The van der Waals surface area contributed by atoms with Crippen LogP contribution in [-0.4, -0.2) is 46.7 Å². The lowest BCUT2D eigenvalue weighted by molar-refractivity contribution is 0.477. The Kier molecular flexibility index (Phi) is 8.11. The highest BCUT2D eigenvalue weighted by Crippen LogP contribution is 2.14. The van der Waals surface area contributed by atoms with E-state index in [4.69, 9.17) is 16.0 Å². The fourth-order valence-electron chi connectivity index (χ4n) is 2.54. The van der Waals surface area contributed by atoms with Crippen LogP contribution in [-0.2, 0) is 13.0 Å². The molecule has 7 nitrogen and oxygen atoms in total. The SMILES string of the molecule is CN=C(NCCc1nc(-c2ccco2)n[nH]1)N(C)Cc1ccc(Cl)cc1.I. The molecule has 144 valence electrons. The average molecular weight is 501 g/mol. The van der Waals surface area contributed by atoms with Crippen molar-refractivity contribution in [3.05, 3.63) is 59.1 Å². The summed E-state index contributed by atoms with van der Waals surface area (Å²) in [6.45, 7) is 1.42. The van der Waals surface area contributed by atoms with E-state index in [0.29, 0.717) is 24.6 Å². The van der Waals surface area contributed by atoms with Gasteiger partial charge in [-0.2, -0.15) is 5.10 Å². The third-order valence-electron chi connectivity index (χ3n) is 3.82. The fraction of sp³-hybridized carbons (Fsp3) is 0.278. The number of aromatic amines is 1. The highest BCUT2D eigenvalue weighted by molar-refractivity contribution is 14.0. The standard InChI is InChI=1S/C18H21ClN6O.HI/c1-20-18(25(2)12-13-5-7-14(19)8-6-13)21-10-9-16-22-17(24-23-16)15-4-3-11-26-15;/h3-8,11H,9-10,12H2,1-2H3,(H,20,21)(H,22,23,24);1H. The molecule has 0 bridgehead atoms. The molecule has 27 heavy (non-hydrogen) atoms. The molecule has 0 aliphatic heterocycles. The topological polar surface area (TPSA) is 82.3 Å². The van der Waals surface area contributed by atoms with E-state index in [1.807, 2.05) is 43.4 Å². The van der Waals surface area contributed by atoms with Crippen molar-refractivity contribution in [3.8, 4) is 11.6 Å². The van der Waals surface area contributed by atoms with Crippen LogP contribution in [0.5, 0.6) is 0 Å². The van der Waals surface area contributed by atoms with Crippen molar-refractivity contribution in [3.63, 3.8) is 0 Å². The van der Waals surface area contributed by atoms with Crippen molar-refractivity contribution in [1.82, 2.24) is 25.4 Å². The average Bonchev–Trinajstić information content (AvgIpc) is 3.32. The maximum atomic E-state index is 5.93. The Labute approximate surface area is 180 Å². The highest BCUT2D eigenvalue weighted by atomic mass is 127. The number of nitrogens with zero attached hydrogens (tertiary/aromatic N) is 4. The van der Waals surface area contributed by atoms with E-state index in [1.54, 1.807) is 13.3 Å². The number of aromatic nitrogens is 3. The Morgan fingerprint density at radius 1 is 1.30 bits per heavy atom. The molecular weight excluding hydrogens is 479 g/mol. The molecule has 3 aromatic rings. The lowest BCUT2D eigenvalue weighted by Gasteiger charge is -2.22. The fourth-order valence-corrected chi connectivity index (χ4v) is 2.67. The quantitative estimate of drug-likeness (QED) is 0.307. The van der Waals surface area contributed by atoms with E-state index >= 15 is 0 Å². The summed E-state index contributed by atoms with van der Waals surface area (Å²) in [7, 11) is 3.76. The Morgan fingerprint density at radius 2 is 2.07 bits per heavy atom. The zero-order valence-electron chi connectivity index (χ0n) is 15.1. The van der Waals surface area contributed by atoms with Crippen molar-refractivity contribution in [2.45, 2.75) is 13.0 Å². The molecule has 9 heteroatoms. The summed E-state index contributed by atoms with van der Waals surface area (Å²) in [6, 6.07) is 11.4. The number of benzene rings is 1. The predicted octanol–water partition coefficient (Wildman–Crippen LogP) is 3.59. The number of aliphatic imine (C=N–C) groups is 1. The second-order valence-electron chi connectivity index (χ2n) is 5.79. The molecule has 0 atom stereocenters. The summed E-state index contributed by atoms with van der Waals surface area (Å²) >= 11 is 5.93. The second-order valence-corrected chi connectivity index (χ2v) is 6.23. The Hall–Kier alpha value is -2.07. The number of guanidine groups is 1. The molecular formula is C18H22ClIN6O. The number of hydrogen-bond donors (Lipinski definition) is 2. The van der Waals surface area contributed by atoms with Crippen LogP contribution in [0.25, 0.3) is 11.6 Å². The monoisotopic (exact) mass is 500 g/mol. The number of rotatable bonds is 6. The van der Waals surface area contributed by atoms with Crippen molar-refractivity contribution >= 4 is 41.5 Å². The third kappa shape index (κ3) is 5.96. The van der Waals surface area contributed by atoms with Crippen LogP contribution in [0, 0.1) is 0 Å². The molecule has 0 amide bonds. The number of hydrogen-bond acceptors (Lipinski definition) is 4. The van der Waals surface area contributed by atoms with Gasteiger partial charge in [0.15, 0.2) is 11.7 Å². The van der Waals surface area contributed by atoms with Gasteiger partial charge in [-0.3, -0.25) is 10.1 Å². The maximum absolute atomic E-state index is 5.93. The van der Waals surface area contributed by atoms with Gasteiger partial charge in [-0.05, 0) is 29.8 Å². The largest absolute Gasteiger partial charge is 0.461 e. The van der Waals surface area contributed by atoms with Crippen molar-refractivity contribution in [2.24, 2.45) is 4.99 Å². The first-order chi connectivity index (χ1) is 12.7. The summed E-state index contributed by atoms with van der Waals surface area (Å²) in [5.74, 6) is 2.82. The van der Waals surface area contributed by atoms with Crippen LogP contribution >= 0.6 is 35.6 Å². The van der Waals surface area contributed by atoms with Gasteiger partial charge >= 0.3 is 0 Å². The number of furan rings is 1. The summed E-state index contributed by atoms with van der Waals surface area (Å²) in [4.78, 5) is 10.8. The van der Waals surface area contributed by atoms with Crippen molar-refractivity contribution < 1.29 is 4.42 Å². The number of H-pyrrole nitrogens is 1. The first kappa shape index (κ1) is 21.2. The van der Waals surface area contributed by atoms with E-state index < -0.39 is 0 Å². The van der Waals surface area contributed by atoms with Gasteiger partial charge in [-0.15, -0.1) is 24.0 Å².